The summed E-state index contributed by atoms with van der Waals surface area (Å²) in [7, 11) is 0. The van der Waals surface area contributed by atoms with E-state index in [9.17, 15) is 18.0 Å². The first-order valence-corrected chi connectivity index (χ1v) is 9.69. The van der Waals surface area contributed by atoms with Crippen LogP contribution in [0.15, 0.2) is 28.7 Å². The van der Waals surface area contributed by atoms with E-state index in [0.29, 0.717) is 12.1 Å². The Labute approximate surface area is 164 Å². The van der Waals surface area contributed by atoms with E-state index in [2.05, 4.69) is 26.3 Å². The normalized spacial score (nSPS) is 15.6. The minimum Gasteiger partial charge on any atom is -0.348 e. The first-order chi connectivity index (χ1) is 12.7. The van der Waals surface area contributed by atoms with E-state index in [-0.39, 0.29) is 28.9 Å². The van der Waals surface area contributed by atoms with Crippen molar-refractivity contribution in [3.63, 3.8) is 0 Å². The molecular formula is C19H21BrF3N3O. The number of hydrogen-bond donors (Lipinski definition) is 1. The lowest BCUT2D eigenvalue weighted by Gasteiger charge is -2.18. The molecule has 4 nitrogen and oxygen atoms in total. The number of amides is 1. The van der Waals surface area contributed by atoms with E-state index in [0.717, 1.165) is 24.0 Å². The predicted octanol–water partition coefficient (Wildman–Crippen LogP) is 5.12. The van der Waals surface area contributed by atoms with Crippen LogP contribution in [0.3, 0.4) is 0 Å². The van der Waals surface area contributed by atoms with Crippen LogP contribution in [0.1, 0.15) is 60.7 Å². The number of carbonyl (C=O) groups is 1. The summed E-state index contributed by atoms with van der Waals surface area (Å²) in [6, 6.07) is 7.64. The summed E-state index contributed by atoms with van der Waals surface area (Å²) in [5, 5.41) is 6.59. The molecule has 1 saturated carbocycles. The number of hydrogen-bond acceptors (Lipinski definition) is 2. The Morgan fingerprint density at radius 1 is 1.33 bits per heavy atom. The molecule has 27 heavy (non-hydrogen) atoms. The van der Waals surface area contributed by atoms with Crippen molar-refractivity contribution in [2.24, 2.45) is 0 Å². The number of halogens is 4. The van der Waals surface area contributed by atoms with E-state index in [1.54, 1.807) is 0 Å². The van der Waals surface area contributed by atoms with Gasteiger partial charge in [0.15, 0.2) is 5.69 Å². The van der Waals surface area contributed by atoms with Crippen LogP contribution >= 0.6 is 15.9 Å². The highest BCUT2D eigenvalue weighted by Gasteiger charge is 2.42. The van der Waals surface area contributed by atoms with Crippen molar-refractivity contribution >= 4 is 21.8 Å². The number of rotatable bonds is 6. The van der Waals surface area contributed by atoms with Crippen molar-refractivity contribution in [1.82, 2.24) is 15.1 Å². The van der Waals surface area contributed by atoms with Gasteiger partial charge >= 0.3 is 6.18 Å². The second-order valence-electron chi connectivity index (χ2n) is 6.92. The average Bonchev–Trinajstić information content (AvgIpc) is 3.37. The highest BCUT2D eigenvalue weighted by atomic mass is 79.9. The van der Waals surface area contributed by atoms with E-state index >= 15 is 0 Å². The molecule has 0 aliphatic heterocycles. The molecule has 0 saturated heterocycles. The van der Waals surface area contributed by atoms with E-state index in [1.165, 1.54) is 4.68 Å². The Balaban J connectivity index is 1.78. The lowest BCUT2D eigenvalue weighted by molar-refractivity contribution is -0.142. The molecule has 1 heterocycles. The van der Waals surface area contributed by atoms with Crippen LogP contribution in [0, 0.1) is 6.92 Å². The summed E-state index contributed by atoms with van der Waals surface area (Å²) >= 11 is 3.04. The van der Waals surface area contributed by atoms with Crippen molar-refractivity contribution < 1.29 is 18.0 Å². The Bertz CT molecular complexity index is 826. The number of carbonyl (C=O) groups excluding carboxylic acids is 1. The van der Waals surface area contributed by atoms with Gasteiger partial charge in [-0.25, -0.2) is 0 Å². The van der Waals surface area contributed by atoms with Crippen molar-refractivity contribution in [2.75, 3.05) is 0 Å². The molecule has 2 aromatic rings. The van der Waals surface area contributed by atoms with E-state index < -0.39 is 11.9 Å². The Morgan fingerprint density at radius 2 is 1.96 bits per heavy atom. The third-order valence-corrected chi connectivity index (χ3v) is 5.46. The molecule has 1 aromatic carbocycles. The zero-order valence-electron chi connectivity index (χ0n) is 15.1. The van der Waals surface area contributed by atoms with Gasteiger partial charge in [-0.05, 0) is 47.7 Å². The maximum atomic E-state index is 13.2. The Kier molecular flexibility index (Phi) is 5.65. The topological polar surface area (TPSA) is 46.9 Å². The number of aryl methyl sites for hydroxylation is 1. The van der Waals surface area contributed by atoms with Crippen LogP contribution in [0.2, 0.25) is 0 Å². The third kappa shape index (κ3) is 4.54. The molecule has 1 unspecified atom stereocenters. The molecule has 1 N–H and O–H groups in total. The minimum absolute atomic E-state index is 0.0230. The van der Waals surface area contributed by atoms with E-state index in [1.807, 2.05) is 38.1 Å². The highest BCUT2D eigenvalue weighted by molar-refractivity contribution is 9.10. The fourth-order valence-electron chi connectivity index (χ4n) is 3.10. The molecule has 146 valence electrons. The fraction of sp³-hybridized carbons (Fsp3) is 0.474. The second-order valence-corrected chi connectivity index (χ2v) is 7.71. The molecule has 1 amide bonds. The summed E-state index contributed by atoms with van der Waals surface area (Å²) < 4.78 is 40.7. The summed E-state index contributed by atoms with van der Waals surface area (Å²) in [4.78, 5) is 12.5. The molecule has 8 heteroatoms. The first-order valence-electron chi connectivity index (χ1n) is 8.90. The largest absolute Gasteiger partial charge is 0.436 e. The van der Waals surface area contributed by atoms with Crippen LogP contribution in [-0.4, -0.2) is 15.7 Å². The van der Waals surface area contributed by atoms with Crippen molar-refractivity contribution in [2.45, 2.75) is 57.8 Å². The maximum Gasteiger partial charge on any atom is 0.436 e. The smallest absolute Gasteiger partial charge is 0.348 e. The number of nitrogens with zero attached hydrogens (tertiary/aromatic N) is 2. The van der Waals surface area contributed by atoms with Crippen molar-refractivity contribution in [3.05, 3.63) is 51.3 Å². The number of alkyl halides is 3. The average molecular weight is 444 g/mol. The zero-order valence-corrected chi connectivity index (χ0v) is 16.7. The van der Waals surface area contributed by atoms with Crippen LogP contribution < -0.4 is 5.32 Å². The molecule has 0 bridgehead atoms. The molecular weight excluding hydrogens is 423 g/mol. The van der Waals surface area contributed by atoms with Gasteiger partial charge in [-0.3, -0.25) is 9.48 Å². The second kappa shape index (κ2) is 7.66. The lowest BCUT2D eigenvalue weighted by atomic mass is 10.0. The van der Waals surface area contributed by atoms with Gasteiger partial charge in [-0.1, -0.05) is 36.8 Å². The Hall–Kier alpha value is -1.83. The quantitative estimate of drug-likeness (QED) is 0.673. The van der Waals surface area contributed by atoms with Crippen LogP contribution in [0.4, 0.5) is 13.2 Å². The molecule has 1 fully saturated rings. The zero-order chi connectivity index (χ0) is 19.8. The molecule has 0 radical (unpaired) electrons. The number of nitrogens with one attached hydrogen (secondary N) is 1. The van der Waals surface area contributed by atoms with Crippen molar-refractivity contribution in [3.8, 4) is 0 Å². The minimum atomic E-state index is -4.56. The summed E-state index contributed by atoms with van der Waals surface area (Å²) in [5.41, 5.74) is 1.58. The maximum absolute atomic E-state index is 13.2. The number of aromatic nitrogens is 2. The molecule has 3 rings (SSSR count). The van der Waals surface area contributed by atoms with Crippen LogP contribution in [0.5, 0.6) is 0 Å². The fourth-order valence-corrected chi connectivity index (χ4v) is 3.93. The SMILES string of the molecule is CCC(NC(=O)Cn1nc(C(F)(F)F)c(Br)c1C1CC1)c1ccc(C)cc1. The third-order valence-electron chi connectivity index (χ3n) is 4.68. The molecule has 1 aliphatic carbocycles. The summed E-state index contributed by atoms with van der Waals surface area (Å²) in [5.74, 6) is -0.331. The lowest BCUT2D eigenvalue weighted by Crippen LogP contribution is -2.32. The van der Waals surface area contributed by atoms with Crippen molar-refractivity contribution in [1.29, 1.82) is 0 Å². The molecule has 0 spiro atoms. The summed E-state index contributed by atoms with van der Waals surface area (Å²) in [6.07, 6.45) is -2.26. The van der Waals surface area contributed by atoms with Crippen LogP contribution in [-0.2, 0) is 17.5 Å². The van der Waals surface area contributed by atoms with Gasteiger partial charge in [0.05, 0.1) is 16.2 Å². The number of benzene rings is 1. The van der Waals surface area contributed by atoms with Gasteiger partial charge in [0.1, 0.15) is 6.54 Å². The van der Waals surface area contributed by atoms with E-state index in [4.69, 9.17) is 0 Å². The van der Waals surface area contributed by atoms with Crippen LogP contribution in [0.25, 0.3) is 0 Å². The highest BCUT2D eigenvalue weighted by Crippen LogP contribution is 2.46. The van der Waals surface area contributed by atoms with Gasteiger partial charge < -0.3 is 5.32 Å². The van der Waals surface area contributed by atoms with Gasteiger partial charge in [0.25, 0.3) is 0 Å². The van der Waals surface area contributed by atoms with Gasteiger partial charge in [0, 0.05) is 5.92 Å². The predicted molar refractivity (Wildman–Crippen MR) is 99.3 cm³/mol. The molecule has 1 aliphatic rings. The van der Waals surface area contributed by atoms with Gasteiger partial charge in [-0.2, -0.15) is 18.3 Å². The standard InChI is InChI=1S/C19H21BrF3N3O/c1-3-14(12-6-4-11(2)5-7-12)24-15(27)10-26-17(13-8-9-13)16(20)18(25-26)19(21,22)23/h4-7,13-14H,3,8-10H2,1-2H3,(H,24,27). The monoisotopic (exact) mass is 443 g/mol. The Morgan fingerprint density at radius 3 is 2.48 bits per heavy atom. The molecule has 1 aromatic heterocycles. The van der Waals surface area contributed by atoms with Gasteiger partial charge in [-0.15, -0.1) is 0 Å². The van der Waals surface area contributed by atoms with Gasteiger partial charge in [0.2, 0.25) is 5.91 Å². The first kappa shape index (κ1) is 19.9. The summed E-state index contributed by atoms with van der Waals surface area (Å²) in [6.45, 7) is 3.70. The molecule has 1 atom stereocenters.